The Morgan fingerprint density at radius 1 is 1.14 bits per heavy atom. The van der Waals surface area contributed by atoms with Gasteiger partial charge in [-0.2, -0.15) is 5.26 Å². The van der Waals surface area contributed by atoms with Crippen LogP contribution < -0.4 is 15.5 Å². The fourth-order valence-corrected chi connectivity index (χ4v) is 3.89. The van der Waals surface area contributed by atoms with Crippen molar-refractivity contribution in [3.05, 3.63) is 24.3 Å². The molecular formula is C25H35N7O4. The van der Waals surface area contributed by atoms with Crippen molar-refractivity contribution in [2.45, 2.75) is 52.7 Å². The molecule has 1 aromatic carbocycles. The molecule has 36 heavy (non-hydrogen) atoms. The van der Waals surface area contributed by atoms with Crippen LogP contribution in [0.5, 0.6) is 0 Å². The summed E-state index contributed by atoms with van der Waals surface area (Å²) in [7, 11) is 0. The minimum absolute atomic E-state index is 0.0630. The summed E-state index contributed by atoms with van der Waals surface area (Å²) in [5.41, 5.74) is 1.80. The Kier molecular flexibility index (Phi) is 8.74. The molecule has 0 bridgehead atoms. The lowest BCUT2D eigenvalue weighted by molar-refractivity contribution is -0.121. The van der Waals surface area contributed by atoms with Gasteiger partial charge in [0.05, 0.1) is 6.07 Å². The Labute approximate surface area is 211 Å². The van der Waals surface area contributed by atoms with E-state index in [1.807, 2.05) is 65.0 Å². The first-order valence-corrected chi connectivity index (χ1v) is 12.1. The molecular weight excluding hydrogens is 462 g/mol. The Morgan fingerprint density at radius 2 is 1.81 bits per heavy atom. The maximum absolute atomic E-state index is 12.5. The first-order valence-electron chi connectivity index (χ1n) is 12.1. The maximum atomic E-state index is 12.5. The molecule has 1 saturated heterocycles. The van der Waals surface area contributed by atoms with E-state index in [1.165, 1.54) is 0 Å². The van der Waals surface area contributed by atoms with Crippen LogP contribution in [-0.2, 0) is 9.53 Å². The van der Waals surface area contributed by atoms with Gasteiger partial charge < -0.3 is 25.2 Å². The Hall–Kier alpha value is -3.81. The lowest BCUT2D eigenvalue weighted by Crippen LogP contribution is -2.50. The van der Waals surface area contributed by atoms with E-state index in [9.17, 15) is 9.59 Å². The number of carbonyl (C=O) groups is 2. The molecule has 1 aliphatic heterocycles. The monoisotopic (exact) mass is 497 g/mol. The lowest BCUT2D eigenvalue weighted by atomic mass is 10.0. The number of nitriles is 1. The van der Waals surface area contributed by atoms with Crippen LogP contribution in [0.1, 0.15) is 41.0 Å². The summed E-state index contributed by atoms with van der Waals surface area (Å²) >= 11 is 0. The average Bonchev–Trinajstić information content (AvgIpc) is 3.29. The van der Waals surface area contributed by atoms with Crippen LogP contribution in [-0.4, -0.2) is 71.6 Å². The topological polar surface area (TPSA) is 137 Å². The van der Waals surface area contributed by atoms with Crippen molar-refractivity contribution in [3.8, 4) is 17.3 Å². The van der Waals surface area contributed by atoms with Gasteiger partial charge in [-0.05, 0) is 55.6 Å². The van der Waals surface area contributed by atoms with Crippen LogP contribution in [0, 0.1) is 17.2 Å². The standard InChI is InChI=1S/C25H35N7O4/c1-17(2)16-20(23(33)27-11-10-26)28-22-21(29-36-30-22)18-6-8-19(9-7-18)31-12-14-32(15-13-31)24(34)35-25(3,4)5/h6-9,17,20H,11-16H2,1-5H3,(H,27,33)(H,28,30)/t20-/m0/s1. The highest BCUT2D eigenvalue weighted by molar-refractivity contribution is 5.86. The second-order valence-corrected chi connectivity index (χ2v) is 10.2. The zero-order valence-corrected chi connectivity index (χ0v) is 21.6. The molecule has 0 spiro atoms. The fraction of sp³-hybridized carbons (Fsp3) is 0.560. The number of piperazine rings is 1. The number of hydrogen-bond acceptors (Lipinski definition) is 9. The number of aromatic nitrogens is 2. The highest BCUT2D eigenvalue weighted by atomic mass is 16.6. The molecule has 3 rings (SSSR count). The number of carbonyl (C=O) groups excluding carboxylic acids is 2. The molecule has 2 aromatic rings. The number of nitrogens with one attached hydrogen (secondary N) is 2. The summed E-state index contributed by atoms with van der Waals surface area (Å²) in [6, 6.07) is 9.16. The third-order valence-corrected chi connectivity index (χ3v) is 5.60. The number of amides is 2. The third-order valence-electron chi connectivity index (χ3n) is 5.60. The smallest absolute Gasteiger partial charge is 0.410 e. The summed E-state index contributed by atoms with van der Waals surface area (Å²) in [5, 5.41) is 22.5. The number of ether oxygens (including phenoxy) is 1. The number of nitrogens with zero attached hydrogens (tertiary/aromatic N) is 5. The van der Waals surface area contributed by atoms with Crippen molar-refractivity contribution < 1.29 is 19.0 Å². The van der Waals surface area contributed by atoms with Gasteiger partial charge in [-0.15, -0.1) is 0 Å². The molecule has 0 saturated carbocycles. The van der Waals surface area contributed by atoms with Crippen molar-refractivity contribution in [1.82, 2.24) is 20.5 Å². The molecule has 2 N–H and O–H groups in total. The van der Waals surface area contributed by atoms with Gasteiger partial charge in [0.15, 0.2) is 11.5 Å². The van der Waals surface area contributed by atoms with Crippen LogP contribution in [0.2, 0.25) is 0 Å². The Balaban J connectivity index is 1.65. The van der Waals surface area contributed by atoms with E-state index < -0.39 is 11.6 Å². The van der Waals surface area contributed by atoms with Crippen molar-refractivity contribution in [2.24, 2.45) is 5.92 Å². The van der Waals surface area contributed by atoms with Crippen molar-refractivity contribution in [3.63, 3.8) is 0 Å². The average molecular weight is 498 g/mol. The quantitative estimate of drug-likeness (QED) is 0.526. The van der Waals surface area contributed by atoms with E-state index in [0.717, 1.165) is 11.3 Å². The zero-order valence-electron chi connectivity index (χ0n) is 21.6. The fourth-order valence-electron chi connectivity index (χ4n) is 3.89. The molecule has 1 aromatic heterocycles. The second-order valence-electron chi connectivity index (χ2n) is 10.2. The summed E-state index contributed by atoms with van der Waals surface area (Å²) < 4.78 is 10.4. The van der Waals surface area contributed by atoms with Gasteiger partial charge in [0.1, 0.15) is 18.2 Å². The van der Waals surface area contributed by atoms with Crippen molar-refractivity contribution in [1.29, 1.82) is 5.26 Å². The Bertz CT molecular complexity index is 1060. The summed E-state index contributed by atoms with van der Waals surface area (Å²) in [4.78, 5) is 28.8. The highest BCUT2D eigenvalue weighted by Crippen LogP contribution is 2.28. The molecule has 0 radical (unpaired) electrons. The largest absolute Gasteiger partial charge is 0.444 e. The minimum Gasteiger partial charge on any atom is -0.444 e. The second kappa shape index (κ2) is 11.7. The van der Waals surface area contributed by atoms with Crippen LogP contribution in [0.15, 0.2) is 28.9 Å². The van der Waals surface area contributed by atoms with Crippen LogP contribution in [0.4, 0.5) is 16.3 Å². The molecule has 2 amide bonds. The van der Waals surface area contributed by atoms with E-state index in [-0.39, 0.29) is 24.5 Å². The predicted molar refractivity (Wildman–Crippen MR) is 135 cm³/mol. The predicted octanol–water partition coefficient (Wildman–Crippen LogP) is 3.26. The minimum atomic E-state index is -0.579. The van der Waals surface area contributed by atoms with E-state index in [4.69, 9.17) is 14.6 Å². The number of hydrogen-bond donors (Lipinski definition) is 2. The first kappa shape index (κ1) is 26.8. The molecule has 0 unspecified atom stereocenters. The molecule has 1 aliphatic rings. The number of anilines is 2. The third kappa shape index (κ3) is 7.34. The zero-order chi connectivity index (χ0) is 26.3. The van der Waals surface area contributed by atoms with E-state index in [1.54, 1.807) is 4.90 Å². The van der Waals surface area contributed by atoms with Crippen LogP contribution in [0.3, 0.4) is 0 Å². The molecule has 11 heteroatoms. The normalized spacial score (nSPS) is 14.8. The van der Waals surface area contributed by atoms with Gasteiger partial charge in [-0.3, -0.25) is 4.79 Å². The molecule has 1 atom stereocenters. The van der Waals surface area contributed by atoms with Crippen molar-refractivity contribution >= 4 is 23.5 Å². The van der Waals surface area contributed by atoms with Gasteiger partial charge in [0.2, 0.25) is 5.91 Å². The van der Waals surface area contributed by atoms with Crippen LogP contribution in [0.25, 0.3) is 11.3 Å². The SMILES string of the molecule is CC(C)C[C@H](Nc1nonc1-c1ccc(N2CCN(C(=O)OC(C)(C)C)CC2)cc1)C(=O)NCC#N. The summed E-state index contributed by atoms with van der Waals surface area (Å²) in [5.74, 6) is 0.334. The van der Waals surface area contributed by atoms with E-state index in [2.05, 4.69) is 25.8 Å². The van der Waals surface area contributed by atoms with Crippen molar-refractivity contribution in [2.75, 3.05) is 42.9 Å². The molecule has 11 nitrogen and oxygen atoms in total. The Morgan fingerprint density at radius 3 is 2.39 bits per heavy atom. The van der Waals surface area contributed by atoms with E-state index in [0.29, 0.717) is 44.1 Å². The maximum Gasteiger partial charge on any atom is 0.410 e. The molecule has 1 fully saturated rings. The lowest BCUT2D eigenvalue weighted by Gasteiger charge is -2.36. The van der Waals surface area contributed by atoms with Gasteiger partial charge in [-0.25, -0.2) is 9.42 Å². The van der Waals surface area contributed by atoms with Crippen LogP contribution >= 0.6 is 0 Å². The van der Waals surface area contributed by atoms with E-state index >= 15 is 0 Å². The van der Waals surface area contributed by atoms with Gasteiger partial charge in [-0.1, -0.05) is 26.0 Å². The highest BCUT2D eigenvalue weighted by Gasteiger charge is 2.27. The summed E-state index contributed by atoms with van der Waals surface area (Å²) in [6.45, 7) is 12.1. The molecule has 0 aliphatic carbocycles. The number of benzene rings is 1. The van der Waals surface area contributed by atoms with Gasteiger partial charge in [0.25, 0.3) is 0 Å². The first-order chi connectivity index (χ1) is 17.1. The molecule has 2 heterocycles. The van der Waals surface area contributed by atoms with Gasteiger partial charge >= 0.3 is 6.09 Å². The number of rotatable bonds is 8. The van der Waals surface area contributed by atoms with Gasteiger partial charge in [0, 0.05) is 37.4 Å². The summed E-state index contributed by atoms with van der Waals surface area (Å²) in [6.07, 6.45) is 0.269. The molecule has 194 valence electrons.